The van der Waals surface area contributed by atoms with Gasteiger partial charge in [-0.15, -0.1) is 0 Å². The van der Waals surface area contributed by atoms with E-state index < -0.39 is 24.0 Å². The number of hydrogen-bond acceptors (Lipinski definition) is 6. The minimum absolute atomic E-state index is 0.0904. The molecule has 0 aromatic heterocycles. The Kier molecular flexibility index (Phi) is 7.49. The molecule has 0 saturated heterocycles. The Morgan fingerprint density at radius 1 is 1.12 bits per heavy atom. The first-order chi connectivity index (χ1) is 11.4. The molecule has 0 aliphatic rings. The number of anilines is 1. The highest BCUT2D eigenvalue weighted by Crippen LogP contribution is 2.19. The van der Waals surface area contributed by atoms with E-state index in [1.165, 1.54) is 12.1 Å². The van der Waals surface area contributed by atoms with E-state index in [1.54, 1.807) is 12.1 Å². The molecule has 0 radical (unpaired) electrons. The lowest BCUT2D eigenvalue weighted by molar-refractivity contribution is -0.129. The Morgan fingerprint density at radius 2 is 1.75 bits per heavy atom. The number of ether oxygens (including phenoxy) is 1. The van der Waals surface area contributed by atoms with Crippen LogP contribution in [0.15, 0.2) is 36.4 Å². The van der Waals surface area contributed by atoms with Crippen LogP contribution >= 0.6 is 0 Å². The highest BCUT2D eigenvalue weighted by molar-refractivity contribution is 5.91. The Labute approximate surface area is 138 Å². The van der Waals surface area contributed by atoms with Gasteiger partial charge in [-0.25, -0.2) is 4.79 Å². The third-order valence-electron chi connectivity index (χ3n) is 2.76. The molecule has 0 fully saturated rings. The average Bonchev–Trinajstić information content (AvgIpc) is 2.55. The van der Waals surface area contributed by atoms with Gasteiger partial charge in [0.25, 0.3) is 5.91 Å². The Hall–Kier alpha value is -3.36. The second-order valence-corrected chi connectivity index (χ2v) is 4.56. The summed E-state index contributed by atoms with van der Waals surface area (Å²) >= 11 is 0. The van der Waals surface area contributed by atoms with Gasteiger partial charge >= 0.3 is 6.09 Å². The average molecular weight is 334 g/mol. The summed E-state index contributed by atoms with van der Waals surface area (Å²) in [4.78, 5) is 44.4. The third kappa shape index (κ3) is 6.60. The van der Waals surface area contributed by atoms with Gasteiger partial charge in [-0.2, -0.15) is 0 Å². The van der Waals surface area contributed by atoms with Crippen LogP contribution < -0.4 is 22.1 Å². The van der Waals surface area contributed by atoms with Crippen LogP contribution in [0.2, 0.25) is 0 Å². The van der Waals surface area contributed by atoms with Crippen molar-refractivity contribution in [3.8, 4) is 0 Å². The second kappa shape index (κ2) is 9.62. The van der Waals surface area contributed by atoms with E-state index in [0.717, 1.165) is 12.2 Å². The van der Waals surface area contributed by atoms with Gasteiger partial charge in [-0.05, 0) is 18.2 Å². The molecule has 24 heavy (non-hydrogen) atoms. The van der Waals surface area contributed by atoms with Gasteiger partial charge in [0.15, 0.2) is 0 Å². The maximum Gasteiger partial charge on any atom is 0.405 e. The number of carbonyl (C=O) groups is 4. The fraction of sp³-hybridized carbons (Fsp3) is 0.200. The highest BCUT2D eigenvalue weighted by atomic mass is 16.6. The van der Waals surface area contributed by atoms with Gasteiger partial charge < -0.3 is 26.8 Å². The number of allylic oxidation sites excluding steroid dienone is 1. The number of primary amides is 1. The first-order valence-corrected chi connectivity index (χ1v) is 6.93. The molecule has 0 bridgehead atoms. The Morgan fingerprint density at radius 3 is 2.33 bits per heavy atom. The third-order valence-corrected chi connectivity index (χ3v) is 2.76. The van der Waals surface area contributed by atoms with Crippen molar-refractivity contribution in [1.29, 1.82) is 0 Å². The zero-order chi connectivity index (χ0) is 17.9. The van der Waals surface area contributed by atoms with Crippen molar-refractivity contribution in [2.75, 3.05) is 18.8 Å². The summed E-state index contributed by atoms with van der Waals surface area (Å²) in [6.45, 7) is 0.214. The number of hydrogen-bond donors (Lipinski definition) is 4. The smallest absolute Gasteiger partial charge is 0.405 e. The second-order valence-electron chi connectivity index (χ2n) is 4.56. The normalized spacial score (nSPS) is 11.5. The topological polar surface area (TPSA) is 154 Å². The molecule has 9 heteroatoms. The van der Waals surface area contributed by atoms with Crippen LogP contribution in [0.3, 0.4) is 0 Å². The number of carbonyl (C=O) groups excluding carboxylic acids is 4. The highest BCUT2D eigenvalue weighted by Gasteiger charge is 2.23. The summed E-state index contributed by atoms with van der Waals surface area (Å²) in [6.07, 6.45) is 0.251. The van der Waals surface area contributed by atoms with E-state index in [-0.39, 0.29) is 13.1 Å². The van der Waals surface area contributed by atoms with Crippen molar-refractivity contribution >= 4 is 29.9 Å². The molecule has 1 atom stereocenters. The fourth-order valence-electron chi connectivity index (χ4n) is 1.71. The number of amides is 3. The van der Waals surface area contributed by atoms with Gasteiger partial charge in [0, 0.05) is 30.4 Å². The predicted octanol–water partition coefficient (Wildman–Crippen LogP) is -0.607. The van der Waals surface area contributed by atoms with Crippen LogP contribution in [-0.4, -0.2) is 37.3 Å². The first-order valence-electron chi connectivity index (χ1n) is 6.93. The molecule has 1 aromatic rings. The molecule has 6 N–H and O–H groups in total. The largest absolute Gasteiger partial charge is 0.431 e. The molecular weight excluding hydrogens is 316 g/mol. The number of aldehydes is 1. The molecule has 9 nitrogen and oxygen atoms in total. The Balaban J connectivity index is 2.57. The van der Waals surface area contributed by atoms with E-state index in [2.05, 4.69) is 10.6 Å². The standard InChI is InChI=1S/C15H18N4O5/c16-11-5-3-10(4-6-11)13(24-15(17)23)14(22)19-8-7-18-12(21)2-1-9-20/h1-6,9,13H,7-8,16H2,(H2,17,23)(H,18,21)(H,19,22)/b2-1-. The van der Waals surface area contributed by atoms with Crippen molar-refractivity contribution in [3.63, 3.8) is 0 Å². The van der Waals surface area contributed by atoms with Gasteiger partial charge in [0.2, 0.25) is 12.0 Å². The molecule has 3 amide bonds. The van der Waals surface area contributed by atoms with Crippen LogP contribution in [0, 0.1) is 0 Å². The van der Waals surface area contributed by atoms with Crippen molar-refractivity contribution in [3.05, 3.63) is 42.0 Å². The van der Waals surface area contributed by atoms with Gasteiger partial charge in [-0.3, -0.25) is 14.4 Å². The summed E-state index contributed by atoms with van der Waals surface area (Å²) < 4.78 is 4.82. The molecule has 1 unspecified atom stereocenters. The van der Waals surface area contributed by atoms with Crippen LogP contribution in [0.25, 0.3) is 0 Å². The molecule has 0 aliphatic heterocycles. The number of benzene rings is 1. The van der Waals surface area contributed by atoms with E-state index in [4.69, 9.17) is 16.2 Å². The molecule has 1 rings (SSSR count). The first kappa shape index (κ1) is 18.7. The summed E-state index contributed by atoms with van der Waals surface area (Å²) in [6, 6.07) is 6.18. The van der Waals surface area contributed by atoms with E-state index >= 15 is 0 Å². The molecular formula is C15H18N4O5. The zero-order valence-electron chi connectivity index (χ0n) is 12.7. The molecule has 0 saturated carbocycles. The Bertz CT molecular complexity index is 627. The minimum atomic E-state index is -1.23. The van der Waals surface area contributed by atoms with E-state index in [1.807, 2.05) is 0 Å². The maximum absolute atomic E-state index is 12.1. The fourth-order valence-corrected chi connectivity index (χ4v) is 1.71. The monoisotopic (exact) mass is 334 g/mol. The quantitative estimate of drug-likeness (QED) is 0.215. The summed E-state index contributed by atoms with van der Waals surface area (Å²) in [5.74, 6) is -1.07. The molecule has 1 aromatic carbocycles. The lowest BCUT2D eigenvalue weighted by atomic mass is 10.1. The molecule has 128 valence electrons. The minimum Gasteiger partial charge on any atom is -0.431 e. The predicted molar refractivity (Wildman–Crippen MR) is 85.5 cm³/mol. The summed E-state index contributed by atoms with van der Waals surface area (Å²) in [5.41, 5.74) is 11.4. The lowest BCUT2D eigenvalue weighted by Gasteiger charge is -2.17. The number of nitrogens with one attached hydrogen (secondary N) is 2. The van der Waals surface area contributed by atoms with Crippen LogP contribution in [-0.2, 0) is 19.1 Å². The van der Waals surface area contributed by atoms with Crippen molar-refractivity contribution in [2.45, 2.75) is 6.10 Å². The van der Waals surface area contributed by atoms with Gasteiger partial charge in [0.05, 0.1) is 0 Å². The van der Waals surface area contributed by atoms with Gasteiger partial charge in [-0.1, -0.05) is 12.1 Å². The molecule has 0 spiro atoms. The SMILES string of the molecule is NC(=O)OC(C(=O)NCCNC(=O)/C=C\C=O)c1ccc(N)cc1. The molecule has 0 heterocycles. The van der Waals surface area contributed by atoms with Gasteiger partial charge in [0.1, 0.15) is 6.29 Å². The number of nitrogen functional groups attached to an aromatic ring is 1. The number of rotatable bonds is 8. The lowest BCUT2D eigenvalue weighted by Crippen LogP contribution is -2.38. The maximum atomic E-state index is 12.1. The molecule has 0 aliphatic carbocycles. The van der Waals surface area contributed by atoms with E-state index in [0.29, 0.717) is 17.5 Å². The van der Waals surface area contributed by atoms with E-state index in [9.17, 15) is 19.2 Å². The van der Waals surface area contributed by atoms with Crippen LogP contribution in [0.5, 0.6) is 0 Å². The van der Waals surface area contributed by atoms with Crippen molar-refractivity contribution in [2.24, 2.45) is 5.73 Å². The van der Waals surface area contributed by atoms with Crippen molar-refractivity contribution in [1.82, 2.24) is 10.6 Å². The summed E-state index contributed by atoms with van der Waals surface area (Å²) in [7, 11) is 0. The van der Waals surface area contributed by atoms with Crippen molar-refractivity contribution < 1.29 is 23.9 Å². The number of nitrogens with two attached hydrogens (primary N) is 2. The van der Waals surface area contributed by atoms with Crippen LogP contribution in [0.1, 0.15) is 11.7 Å². The summed E-state index contributed by atoms with van der Waals surface area (Å²) in [5, 5.41) is 4.95. The van der Waals surface area contributed by atoms with Crippen LogP contribution in [0.4, 0.5) is 10.5 Å². The zero-order valence-corrected chi connectivity index (χ0v) is 12.7.